The first kappa shape index (κ1) is 16.0. The molecular weight excluding hydrogens is 282 g/mol. The van der Waals surface area contributed by atoms with Crippen LogP contribution in [0.15, 0.2) is 5.11 Å². The Morgan fingerprint density at radius 3 is 2.74 bits per heavy atom. The highest BCUT2D eigenvalue weighted by atomic mass is 32.2. The van der Waals surface area contributed by atoms with Crippen LogP contribution in [0.1, 0.15) is 6.42 Å². The fourth-order valence-electron chi connectivity index (χ4n) is 1.72. The van der Waals surface area contributed by atoms with Gasteiger partial charge in [-0.1, -0.05) is 5.11 Å². The Kier molecular flexibility index (Phi) is 5.38. The van der Waals surface area contributed by atoms with Crippen molar-refractivity contribution in [1.29, 1.82) is 0 Å². The van der Waals surface area contributed by atoms with Crippen molar-refractivity contribution in [2.24, 2.45) is 5.11 Å². The maximum atomic E-state index is 11.1. The number of nitrogens with zero attached hydrogens (tertiary/aromatic N) is 3. The summed E-state index contributed by atoms with van der Waals surface area (Å²) < 4.78 is 14.0. The van der Waals surface area contributed by atoms with Crippen LogP contribution in [0.2, 0.25) is 0 Å². The number of hydrogen-bond donors (Lipinski definition) is 5. The number of carboxylic acids is 1. The molecule has 1 heterocycles. The number of carboxylic acid groups (broad SMARTS) is 1. The van der Waals surface area contributed by atoms with E-state index in [0.29, 0.717) is 0 Å². The van der Waals surface area contributed by atoms with Gasteiger partial charge in [-0.3, -0.25) is 0 Å². The minimum atomic E-state index is -2.19. The molecule has 11 heteroatoms. The molecule has 1 aliphatic rings. The Bertz CT molecular complexity index is 391. The molecule has 0 aliphatic carbocycles. The smallest absolute Gasteiger partial charge is 0.349 e. The SMILES string of the molecule is [N-]=[N+]=NC[C@@H](O)C1O[C@@](SO)(C(=O)O)CC(O)[C@H]1O. The van der Waals surface area contributed by atoms with Gasteiger partial charge < -0.3 is 29.7 Å². The highest BCUT2D eigenvalue weighted by Crippen LogP contribution is 2.38. The summed E-state index contributed by atoms with van der Waals surface area (Å²) in [4.78, 5) is 11.3. The Balaban J connectivity index is 2.95. The molecule has 0 radical (unpaired) electrons. The van der Waals surface area contributed by atoms with Crippen molar-refractivity contribution >= 4 is 18.0 Å². The van der Waals surface area contributed by atoms with Crippen molar-refractivity contribution in [2.45, 2.75) is 35.8 Å². The van der Waals surface area contributed by atoms with Crippen molar-refractivity contribution in [3.05, 3.63) is 10.4 Å². The van der Waals surface area contributed by atoms with E-state index in [1.54, 1.807) is 0 Å². The van der Waals surface area contributed by atoms with E-state index in [0.717, 1.165) is 0 Å². The second-order valence-electron chi connectivity index (χ2n) is 3.97. The van der Waals surface area contributed by atoms with E-state index in [1.807, 2.05) is 0 Å². The molecule has 0 spiro atoms. The van der Waals surface area contributed by atoms with E-state index in [-0.39, 0.29) is 12.0 Å². The van der Waals surface area contributed by atoms with Gasteiger partial charge in [0.1, 0.15) is 12.2 Å². The first-order valence-electron chi connectivity index (χ1n) is 5.17. The standard InChI is InChI=1S/C8H13N3O7S/c9-11-10-2-4(13)6-5(14)3(12)1-8(18-6,19-17)7(15)16/h3-6,12-14,17H,1-2H2,(H,15,16)/t3?,4-,5-,6?,8+/m1/s1. The minimum absolute atomic E-state index is 0.155. The molecule has 1 aliphatic heterocycles. The third kappa shape index (κ3) is 3.28. The fraction of sp³-hybridized carbons (Fsp3) is 0.875. The molecule has 0 saturated carbocycles. The van der Waals surface area contributed by atoms with Crippen molar-refractivity contribution in [1.82, 2.24) is 0 Å². The monoisotopic (exact) mass is 295 g/mol. The molecule has 0 aromatic rings. The van der Waals surface area contributed by atoms with Gasteiger partial charge in [0.2, 0.25) is 4.93 Å². The molecule has 108 valence electrons. The average molecular weight is 295 g/mol. The molecular formula is C8H13N3O7S. The maximum Gasteiger partial charge on any atom is 0.349 e. The molecule has 0 amide bonds. The zero-order chi connectivity index (χ0) is 14.6. The number of carbonyl (C=O) groups is 1. The van der Waals surface area contributed by atoms with Gasteiger partial charge in [-0.2, -0.15) is 0 Å². The van der Waals surface area contributed by atoms with Crippen LogP contribution in [0.5, 0.6) is 0 Å². The molecule has 1 saturated heterocycles. The van der Waals surface area contributed by atoms with Gasteiger partial charge in [-0.05, 0) is 5.53 Å². The normalized spacial score (nSPS) is 36.3. The Labute approximate surface area is 111 Å². The van der Waals surface area contributed by atoms with Crippen molar-refractivity contribution in [3.63, 3.8) is 0 Å². The predicted molar refractivity (Wildman–Crippen MR) is 62.1 cm³/mol. The summed E-state index contributed by atoms with van der Waals surface area (Å²) in [5.74, 6) is -1.56. The largest absolute Gasteiger partial charge is 0.478 e. The summed E-state index contributed by atoms with van der Waals surface area (Å²) in [7, 11) is 0. The summed E-state index contributed by atoms with van der Waals surface area (Å²) in [6, 6.07) is 0. The van der Waals surface area contributed by atoms with Gasteiger partial charge in [0.15, 0.2) is 0 Å². The number of ether oxygens (including phenoxy) is 1. The van der Waals surface area contributed by atoms with Gasteiger partial charge in [-0.15, -0.1) is 0 Å². The number of aliphatic hydroxyl groups excluding tert-OH is 3. The van der Waals surface area contributed by atoms with Gasteiger partial charge in [-0.25, -0.2) is 4.79 Å². The van der Waals surface area contributed by atoms with Crippen molar-refractivity contribution in [2.75, 3.05) is 6.54 Å². The first-order chi connectivity index (χ1) is 8.88. The molecule has 0 aromatic carbocycles. The van der Waals surface area contributed by atoms with Crippen LogP contribution in [-0.4, -0.2) is 66.8 Å². The van der Waals surface area contributed by atoms with E-state index in [2.05, 4.69) is 10.0 Å². The number of azide groups is 1. The molecule has 10 nitrogen and oxygen atoms in total. The number of aliphatic carboxylic acids is 1. The van der Waals surface area contributed by atoms with Crippen molar-refractivity contribution < 1.29 is 34.5 Å². The lowest BCUT2D eigenvalue weighted by molar-refractivity contribution is -0.218. The molecule has 0 bridgehead atoms. The van der Waals surface area contributed by atoms with E-state index in [1.165, 1.54) is 0 Å². The van der Waals surface area contributed by atoms with Crippen LogP contribution in [-0.2, 0) is 9.53 Å². The summed E-state index contributed by atoms with van der Waals surface area (Å²) >= 11 is -0.155. The fourth-order valence-corrected chi connectivity index (χ4v) is 2.20. The van der Waals surface area contributed by atoms with E-state index in [9.17, 15) is 20.1 Å². The number of aliphatic hydroxyl groups is 3. The second-order valence-corrected chi connectivity index (χ2v) is 4.82. The Morgan fingerprint density at radius 2 is 2.26 bits per heavy atom. The van der Waals surface area contributed by atoms with Gasteiger partial charge in [0.05, 0.1) is 18.8 Å². The molecule has 1 fully saturated rings. The number of hydrogen-bond acceptors (Lipinski definition) is 8. The molecule has 5 N–H and O–H groups in total. The van der Waals surface area contributed by atoms with Gasteiger partial charge in [0.25, 0.3) is 0 Å². The lowest BCUT2D eigenvalue weighted by atomic mass is 9.94. The summed E-state index contributed by atoms with van der Waals surface area (Å²) in [5, 5.41) is 41.0. The molecule has 19 heavy (non-hydrogen) atoms. The minimum Gasteiger partial charge on any atom is -0.478 e. The maximum absolute atomic E-state index is 11.1. The molecule has 1 rings (SSSR count). The van der Waals surface area contributed by atoms with Gasteiger partial charge in [0, 0.05) is 23.4 Å². The molecule has 0 aromatic heterocycles. The summed E-state index contributed by atoms with van der Waals surface area (Å²) in [5.41, 5.74) is 8.12. The molecule has 5 atom stereocenters. The van der Waals surface area contributed by atoms with Crippen LogP contribution in [0.25, 0.3) is 10.4 Å². The van der Waals surface area contributed by atoms with E-state index >= 15 is 0 Å². The predicted octanol–water partition coefficient (Wildman–Crippen LogP) is -0.845. The first-order valence-corrected chi connectivity index (χ1v) is 5.94. The van der Waals surface area contributed by atoms with Crippen molar-refractivity contribution in [3.8, 4) is 0 Å². The Morgan fingerprint density at radius 1 is 1.63 bits per heavy atom. The van der Waals surface area contributed by atoms with E-state index in [4.69, 9.17) is 19.9 Å². The van der Waals surface area contributed by atoms with Crippen LogP contribution in [0, 0.1) is 0 Å². The summed E-state index contributed by atoms with van der Waals surface area (Å²) in [6.45, 7) is -0.475. The lowest BCUT2D eigenvalue weighted by Gasteiger charge is -2.42. The van der Waals surface area contributed by atoms with E-state index < -0.39 is 48.3 Å². The van der Waals surface area contributed by atoms with Crippen LogP contribution in [0.4, 0.5) is 0 Å². The number of rotatable bonds is 5. The highest BCUT2D eigenvalue weighted by molar-refractivity contribution is 7.95. The van der Waals surface area contributed by atoms with Crippen LogP contribution >= 0.6 is 12.0 Å². The third-order valence-corrected chi connectivity index (χ3v) is 3.45. The summed E-state index contributed by atoms with van der Waals surface area (Å²) in [6.07, 6.45) is -6.68. The van der Waals surface area contributed by atoms with Crippen LogP contribution < -0.4 is 0 Å². The second kappa shape index (κ2) is 6.39. The zero-order valence-corrected chi connectivity index (χ0v) is 10.3. The Hall–Kier alpha value is -1.07. The molecule has 2 unspecified atom stereocenters. The van der Waals surface area contributed by atoms with Gasteiger partial charge >= 0.3 is 5.97 Å². The average Bonchev–Trinajstić information content (AvgIpc) is 2.38. The highest BCUT2D eigenvalue weighted by Gasteiger charge is 2.53. The quantitative estimate of drug-likeness (QED) is 0.188. The third-order valence-electron chi connectivity index (χ3n) is 2.72. The lowest BCUT2D eigenvalue weighted by Crippen LogP contribution is -2.60. The zero-order valence-electron chi connectivity index (χ0n) is 9.53. The van der Waals surface area contributed by atoms with Crippen LogP contribution in [0.3, 0.4) is 0 Å². The topological polar surface area (TPSA) is 176 Å².